The highest BCUT2D eigenvalue weighted by Crippen LogP contribution is 2.28. The van der Waals surface area contributed by atoms with Crippen LogP contribution in [0.4, 0.5) is 17.6 Å². The van der Waals surface area contributed by atoms with Crippen molar-refractivity contribution < 1.29 is 22.3 Å². The van der Waals surface area contributed by atoms with E-state index in [1.165, 1.54) is 0 Å². The van der Waals surface area contributed by atoms with Gasteiger partial charge in [0.05, 0.1) is 23.9 Å². The van der Waals surface area contributed by atoms with Gasteiger partial charge in [0.1, 0.15) is 6.67 Å². The fraction of sp³-hybridized carbons (Fsp3) is 0.333. The molecule has 0 spiro atoms. The van der Waals surface area contributed by atoms with Crippen molar-refractivity contribution in [3.05, 3.63) is 21.0 Å². The van der Waals surface area contributed by atoms with Crippen molar-refractivity contribution in [2.24, 2.45) is 0 Å². The maximum Gasteiger partial charge on any atom is 0.573 e. The van der Waals surface area contributed by atoms with Crippen LogP contribution < -0.4 is 4.74 Å². The van der Waals surface area contributed by atoms with Crippen LogP contribution in [-0.2, 0) is 13.1 Å². The van der Waals surface area contributed by atoms with Crippen molar-refractivity contribution in [1.82, 2.24) is 4.98 Å². The third-order valence-corrected chi connectivity index (χ3v) is 2.62. The van der Waals surface area contributed by atoms with Crippen LogP contribution in [0.1, 0.15) is 11.4 Å². The van der Waals surface area contributed by atoms with Gasteiger partial charge in [-0.2, -0.15) is 5.26 Å². The van der Waals surface area contributed by atoms with E-state index in [9.17, 15) is 17.6 Å². The predicted octanol–water partition coefficient (Wildman–Crippen LogP) is 3.12. The normalized spacial score (nSPS) is 11.1. The molecule has 0 atom stereocenters. The highest BCUT2D eigenvalue weighted by molar-refractivity contribution is 14.1. The van der Waals surface area contributed by atoms with E-state index in [-0.39, 0.29) is 21.4 Å². The second kappa shape index (κ2) is 5.48. The molecular weight excluding hydrogens is 355 g/mol. The van der Waals surface area contributed by atoms with Crippen LogP contribution in [0.2, 0.25) is 0 Å². The van der Waals surface area contributed by atoms with Crippen LogP contribution in [-0.4, -0.2) is 11.3 Å². The number of nitrogens with zero attached hydrogens (tertiary/aromatic N) is 2. The van der Waals surface area contributed by atoms with Gasteiger partial charge in [0, 0.05) is 3.57 Å². The first-order valence-electron chi connectivity index (χ1n) is 4.24. The number of rotatable bonds is 3. The van der Waals surface area contributed by atoms with Gasteiger partial charge in [0.15, 0.2) is 5.75 Å². The van der Waals surface area contributed by atoms with Crippen LogP contribution in [0.5, 0.6) is 5.75 Å². The number of pyridine rings is 1. The fourth-order valence-electron chi connectivity index (χ4n) is 1.06. The largest absolute Gasteiger partial charge is 0.573 e. The molecule has 17 heavy (non-hydrogen) atoms. The van der Waals surface area contributed by atoms with Crippen LogP contribution in [0.25, 0.3) is 0 Å². The molecule has 8 heteroatoms. The Morgan fingerprint density at radius 3 is 2.53 bits per heavy atom. The summed E-state index contributed by atoms with van der Waals surface area (Å²) in [6.07, 6.45) is -5.25. The first-order valence-corrected chi connectivity index (χ1v) is 5.32. The maximum absolute atomic E-state index is 12.5. The summed E-state index contributed by atoms with van der Waals surface area (Å²) in [6, 6.07) is 2.66. The summed E-state index contributed by atoms with van der Waals surface area (Å²) in [5.41, 5.74) is -0.233. The van der Waals surface area contributed by atoms with Crippen molar-refractivity contribution in [2.75, 3.05) is 0 Å². The molecule has 0 aliphatic rings. The topological polar surface area (TPSA) is 45.9 Å². The first kappa shape index (κ1) is 14.0. The Kier molecular flexibility index (Phi) is 4.50. The lowest BCUT2D eigenvalue weighted by Gasteiger charge is -2.12. The lowest BCUT2D eigenvalue weighted by atomic mass is 10.2. The van der Waals surface area contributed by atoms with E-state index in [2.05, 4.69) is 9.72 Å². The number of hydrogen-bond donors (Lipinski definition) is 0. The minimum atomic E-state index is -4.87. The zero-order valence-electron chi connectivity index (χ0n) is 8.18. The van der Waals surface area contributed by atoms with Gasteiger partial charge in [0.2, 0.25) is 0 Å². The van der Waals surface area contributed by atoms with Gasteiger partial charge in [-0.15, -0.1) is 13.2 Å². The number of alkyl halides is 4. The summed E-state index contributed by atoms with van der Waals surface area (Å²) in [5.74, 6) is -0.569. The molecule has 1 aromatic heterocycles. The molecule has 0 radical (unpaired) electrons. The molecule has 0 saturated heterocycles. The molecule has 1 rings (SSSR count). The lowest BCUT2D eigenvalue weighted by molar-refractivity contribution is -0.275. The predicted molar refractivity (Wildman–Crippen MR) is 57.8 cm³/mol. The second-order valence-corrected chi connectivity index (χ2v) is 4.04. The van der Waals surface area contributed by atoms with Gasteiger partial charge in [-0.25, -0.2) is 9.37 Å². The number of aromatic nitrogens is 1. The van der Waals surface area contributed by atoms with Gasteiger partial charge in [-0.1, -0.05) is 0 Å². The number of halogens is 5. The van der Waals surface area contributed by atoms with Gasteiger partial charge < -0.3 is 4.74 Å². The van der Waals surface area contributed by atoms with Gasteiger partial charge in [0.25, 0.3) is 0 Å². The molecule has 0 unspecified atom stereocenters. The van der Waals surface area contributed by atoms with E-state index in [0.717, 1.165) is 6.07 Å². The van der Waals surface area contributed by atoms with Crippen molar-refractivity contribution in [1.29, 1.82) is 5.26 Å². The standard InChI is InChI=1S/C9H5F4IN2O/c10-4-7-5(14)3-8(17-9(11,12)13)6(16-7)1-2-15/h3H,1,4H2. The molecule has 0 aliphatic carbocycles. The molecule has 0 fully saturated rings. The second-order valence-electron chi connectivity index (χ2n) is 2.88. The Balaban J connectivity index is 3.19. The summed E-state index contributed by atoms with van der Waals surface area (Å²) in [7, 11) is 0. The highest BCUT2D eigenvalue weighted by Gasteiger charge is 2.32. The summed E-state index contributed by atoms with van der Waals surface area (Å²) < 4.78 is 52.6. The average Bonchev–Trinajstić information content (AvgIpc) is 2.20. The lowest BCUT2D eigenvalue weighted by Crippen LogP contribution is -2.19. The zero-order chi connectivity index (χ0) is 13.1. The zero-order valence-corrected chi connectivity index (χ0v) is 10.3. The smallest absolute Gasteiger partial charge is 0.404 e. The summed E-state index contributed by atoms with van der Waals surface area (Å²) in [5, 5.41) is 8.45. The van der Waals surface area contributed by atoms with Crippen molar-refractivity contribution >= 4 is 22.6 Å². The number of ether oxygens (including phenoxy) is 1. The molecule has 0 N–H and O–H groups in total. The minimum absolute atomic E-state index is 0.00891. The summed E-state index contributed by atoms with van der Waals surface area (Å²) in [4.78, 5) is 3.63. The molecule has 0 aromatic carbocycles. The first-order chi connectivity index (χ1) is 7.87. The SMILES string of the molecule is N#CCc1nc(CF)c(I)cc1OC(F)(F)F. The Bertz CT molecular complexity index is 456. The van der Waals surface area contributed by atoms with E-state index in [1.807, 2.05) is 0 Å². The molecule has 0 aliphatic heterocycles. The van der Waals surface area contributed by atoms with Crippen molar-refractivity contribution in [2.45, 2.75) is 19.5 Å². The number of nitriles is 1. The molecule has 0 bridgehead atoms. The average molecular weight is 360 g/mol. The Morgan fingerprint density at radius 1 is 1.41 bits per heavy atom. The van der Waals surface area contributed by atoms with Gasteiger partial charge in [-0.3, -0.25) is 0 Å². The van der Waals surface area contributed by atoms with Crippen LogP contribution in [0.15, 0.2) is 6.07 Å². The molecule has 1 aromatic rings. The van der Waals surface area contributed by atoms with E-state index in [1.54, 1.807) is 28.7 Å². The molecule has 92 valence electrons. The molecular formula is C9H5F4IN2O. The Hall–Kier alpha value is -1.11. The monoisotopic (exact) mass is 360 g/mol. The van der Waals surface area contributed by atoms with E-state index >= 15 is 0 Å². The molecule has 0 amide bonds. The quantitative estimate of drug-likeness (QED) is 0.615. The summed E-state index contributed by atoms with van der Waals surface area (Å²) >= 11 is 1.65. The van der Waals surface area contributed by atoms with E-state index in [0.29, 0.717) is 0 Å². The van der Waals surface area contributed by atoms with Crippen molar-refractivity contribution in [3.8, 4) is 11.8 Å². The fourth-order valence-corrected chi connectivity index (χ4v) is 1.61. The Labute approximate surface area is 108 Å². The molecule has 0 saturated carbocycles. The van der Waals surface area contributed by atoms with Crippen LogP contribution in [0, 0.1) is 14.9 Å². The molecule has 1 heterocycles. The summed E-state index contributed by atoms with van der Waals surface area (Å²) in [6.45, 7) is -0.914. The van der Waals surface area contributed by atoms with Gasteiger partial charge in [-0.05, 0) is 28.7 Å². The maximum atomic E-state index is 12.5. The van der Waals surface area contributed by atoms with Gasteiger partial charge >= 0.3 is 6.36 Å². The van der Waals surface area contributed by atoms with E-state index < -0.39 is 18.8 Å². The van der Waals surface area contributed by atoms with Crippen LogP contribution >= 0.6 is 22.6 Å². The highest BCUT2D eigenvalue weighted by atomic mass is 127. The Morgan fingerprint density at radius 2 is 2.06 bits per heavy atom. The van der Waals surface area contributed by atoms with Crippen molar-refractivity contribution in [3.63, 3.8) is 0 Å². The molecule has 3 nitrogen and oxygen atoms in total. The number of hydrogen-bond acceptors (Lipinski definition) is 3. The third-order valence-electron chi connectivity index (χ3n) is 1.69. The van der Waals surface area contributed by atoms with Crippen LogP contribution in [0.3, 0.4) is 0 Å². The van der Waals surface area contributed by atoms with E-state index in [4.69, 9.17) is 5.26 Å². The third kappa shape index (κ3) is 3.99. The minimum Gasteiger partial charge on any atom is -0.404 e.